The number of aliphatic hydroxyl groups is 1. The highest BCUT2D eigenvalue weighted by Crippen LogP contribution is 2.27. The third-order valence-corrected chi connectivity index (χ3v) is 3.39. The molecule has 20 heavy (non-hydrogen) atoms. The van der Waals surface area contributed by atoms with Gasteiger partial charge in [-0.25, -0.2) is 4.39 Å². The van der Waals surface area contributed by atoms with Crippen LogP contribution in [0, 0.1) is 12.7 Å². The van der Waals surface area contributed by atoms with Crippen molar-refractivity contribution in [1.82, 2.24) is 0 Å². The topological polar surface area (TPSA) is 23.5 Å². The van der Waals surface area contributed by atoms with Crippen LogP contribution < -0.4 is 4.90 Å². The highest BCUT2D eigenvalue weighted by molar-refractivity contribution is 5.54. The summed E-state index contributed by atoms with van der Waals surface area (Å²) in [5.41, 5.74) is 3.86. The lowest BCUT2D eigenvalue weighted by molar-refractivity contribution is 0.199. The lowest BCUT2D eigenvalue weighted by Crippen LogP contribution is -2.18. The van der Waals surface area contributed by atoms with Crippen LogP contribution in [0.15, 0.2) is 42.5 Å². The van der Waals surface area contributed by atoms with Crippen molar-refractivity contribution in [3.05, 3.63) is 65.0 Å². The molecule has 0 aliphatic carbocycles. The summed E-state index contributed by atoms with van der Waals surface area (Å²) in [6.07, 6.45) is -0.693. The van der Waals surface area contributed by atoms with Crippen LogP contribution >= 0.6 is 0 Å². The van der Waals surface area contributed by atoms with Crippen molar-refractivity contribution in [2.75, 3.05) is 11.9 Å². The van der Waals surface area contributed by atoms with Crippen LogP contribution in [0.25, 0.3) is 0 Å². The lowest BCUT2D eigenvalue weighted by atomic mass is 10.1. The lowest BCUT2D eigenvalue weighted by Gasteiger charge is -2.24. The molecule has 0 aliphatic rings. The molecule has 0 fully saturated rings. The fourth-order valence-electron chi connectivity index (χ4n) is 2.26. The number of benzene rings is 2. The molecule has 0 radical (unpaired) electrons. The van der Waals surface area contributed by atoms with Crippen LogP contribution in [0.2, 0.25) is 0 Å². The van der Waals surface area contributed by atoms with Crippen LogP contribution in [-0.2, 0) is 6.54 Å². The highest BCUT2D eigenvalue weighted by Gasteiger charge is 2.13. The number of aryl methyl sites for hydroxylation is 1. The van der Waals surface area contributed by atoms with Gasteiger partial charge >= 0.3 is 0 Å². The molecule has 1 atom stereocenters. The van der Waals surface area contributed by atoms with Crippen molar-refractivity contribution in [1.29, 1.82) is 0 Å². The molecule has 3 heteroatoms. The van der Waals surface area contributed by atoms with Gasteiger partial charge in [0.1, 0.15) is 5.82 Å². The molecule has 0 unspecified atom stereocenters. The summed E-state index contributed by atoms with van der Waals surface area (Å²) < 4.78 is 13.3. The normalized spacial score (nSPS) is 12.2. The molecule has 0 amide bonds. The minimum absolute atomic E-state index is 0.326. The van der Waals surface area contributed by atoms with Crippen LogP contribution in [0.4, 0.5) is 10.1 Å². The van der Waals surface area contributed by atoms with E-state index in [1.54, 1.807) is 13.0 Å². The molecule has 0 spiro atoms. The maximum atomic E-state index is 13.3. The number of aliphatic hydroxyl groups excluding tert-OH is 1. The van der Waals surface area contributed by atoms with Gasteiger partial charge in [-0.3, -0.25) is 0 Å². The molecule has 2 aromatic carbocycles. The predicted octanol–water partition coefficient (Wildman–Crippen LogP) is 3.82. The van der Waals surface area contributed by atoms with E-state index in [0.29, 0.717) is 12.1 Å². The van der Waals surface area contributed by atoms with Crippen molar-refractivity contribution < 1.29 is 9.50 Å². The van der Waals surface area contributed by atoms with Crippen molar-refractivity contribution in [2.45, 2.75) is 26.5 Å². The van der Waals surface area contributed by atoms with Gasteiger partial charge in [0.05, 0.1) is 6.10 Å². The third-order valence-electron chi connectivity index (χ3n) is 3.39. The minimum atomic E-state index is -0.693. The monoisotopic (exact) mass is 273 g/mol. The molecule has 0 aromatic heterocycles. The second-order valence-electron chi connectivity index (χ2n) is 5.22. The fraction of sp³-hybridized carbons (Fsp3) is 0.294. The largest absolute Gasteiger partial charge is 0.389 e. The van der Waals surface area contributed by atoms with E-state index < -0.39 is 6.10 Å². The second-order valence-corrected chi connectivity index (χ2v) is 5.22. The highest BCUT2D eigenvalue weighted by atomic mass is 19.1. The second kappa shape index (κ2) is 6.06. The summed E-state index contributed by atoms with van der Waals surface area (Å²) in [4.78, 5) is 2.02. The van der Waals surface area contributed by atoms with Gasteiger partial charge in [-0.1, -0.05) is 29.8 Å². The van der Waals surface area contributed by atoms with E-state index >= 15 is 0 Å². The maximum Gasteiger partial charge on any atom is 0.123 e. The first-order valence-electron chi connectivity index (χ1n) is 6.71. The van der Waals surface area contributed by atoms with Crippen LogP contribution in [0.1, 0.15) is 29.7 Å². The van der Waals surface area contributed by atoms with Gasteiger partial charge in [0.15, 0.2) is 0 Å². The molecule has 2 nitrogen and oxygen atoms in total. The Labute approximate surface area is 119 Å². The average molecular weight is 273 g/mol. The van der Waals surface area contributed by atoms with Gasteiger partial charge in [-0.15, -0.1) is 0 Å². The Kier molecular flexibility index (Phi) is 4.40. The van der Waals surface area contributed by atoms with E-state index in [0.717, 1.165) is 5.69 Å². The Bertz CT molecular complexity index is 578. The molecular weight excluding hydrogens is 253 g/mol. The Morgan fingerprint density at radius 1 is 1.15 bits per heavy atom. The Morgan fingerprint density at radius 3 is 2.40 bits per heavy atom. The van der Waals surface area contributed by atoms with Gasteiger partial charge in [-0.2, -0.15) is 0 Å². The van der Waals surface area contributed by atoms with Crippen molar-refractivity contribution in [3.63, 3.8) is 0 Å². The fourth-order valence-corrected chi connectivity index (χ4v) is 2.26. The predicted molar refractivity (Wildman–Crippen MR) is 80.3 cm³/mol. The summed E-state index contributed by atoms with van der Waals surface area (Å²) in [5, 5.41) is 9.79. The number of rotatable bonds is 4. The Balaban J connectivity index is 2.24. The van der Waals surface area contributed by atoms with Gasteiger partial charge in [0.25, 0.3) is 0 Å². The standard InChI is InChI=1S/C17H20FNO/c1-12-4-6-14(7-5-12)11-19(3)17-9-8-15(18)10-16(17)13(2)20/h4-10,13,20H,11H2,1-3H3/t13-/m1/s1. The quantitative estimate of drug-likeness (QED) is 0.915. The third kappa shape index (κ3) is 3.36. The zero-order valence-electron chi connectivity index (χ0n) is 12.1. The average Bonchev–Trinajstić information content (AvgIpc) is 2.41. The van der Waals surface area contributed by atoms with Crippen LogP contribution in [-0.4, -0.2) is 12.2 Å². The molecule has 1 N–H and O–H groups in total. The smallest absolute Gasteiger partial charge is 0.123 e. The molecule has 0 aliphatic heterocycles. The van der Waals surface area contributed by atoms with E-state index in [1.165, 1.54) is 23.3 Å². The zero-order chi connectivity index (χ0) is 14.7. The van der Waals surface area contributed by atoms with E-state index in [2.05, 4.69) is 31.2 Å². The molecule has 2 aromatic rings. The maximum absolute atomic E-state index is 13.3. The van der Waals surface area contributed by atoms with Crippen LogP contribution in [0.3, 0.4) is 0 Å². The minimum Gasteiger partial charge on any atom is -0.389 e. The summed E-state index contributed by atoms with van der Waals surface area (Å²) in [6.45, 7) is 4.42. The van der Waals surface area contributed by atoms with E-state index in [9.17, 15) is 9.50 Å². The van der Waals surface area contributed by atoms with Gasteiger partial charge in [0.2, 0.25) is 0 Å². The molecular formula is C17H20FNO. The van der Waals surface area contributed by atoms with E-state index in [4.69, 9.17) is 0 Å². The molecule has 0 bridgehead atoms. The first-order chi connectivity index (χ1) is 9.47. The van der Waals surface area contributed by atoms with Crippen molar-refractivity contribution >= 4 is 5.69 Å². The number of anilines is 1. The number of hydrogen-bond donors (Lipinski definition) is 1. The number of halogens is 1. The zero-order valence-corrected chi connectivity index (χ0v) is 12.1. The van der Waals surface area contributed by atoms with Gasteiger partial charge < -0.3 is 10.0 Å². The Morgan fingerprint density at radius 2 is 1.80 bits per heavy atom. The first-order valence-corrected chi connectivity index (χ1v) is 6.71. The SMILES string of the molecule is Cc1ccc(CN(C)c2ccc(F)cc2[C@@H](C)O)cc1. The Hall–Kier alpha value is -1.87. The van der Waals surface area contributed by atoms with Crippen LogP contribution in [0.5, 0.6) is 0 Å². The van der Waals surface area contributed by atoms with E-state index in [1.807, 2.05) is 11.9 Å². The molecule has 0 heterocycles. The number of nitrogens with zero attached hydrogens (tertiary/aromatic N) is 1. The summed E-state index contributed by atoms with van der Waals surface area (Å²) in [7, 11) is 1.94. The first kappa shape index (κ1) is 14.5. The van der Waals surface area contributed by atoms with Gasteiger partial charge in [0, 0.05) is 24.8 Å². The van der Waals surface area contributed by atoms with Crippen molar-refractivity contribution in [3.8, 4) is 0 Å². The summed E-state index contributed by atoms with van der Waals surface area (Å²) >= 11 is 0. The number of hydrogen-bond acceptors (Lipinski definition) is 2. The molecule has 2 rings (SSSR count). The summed E-state index contributed by atoms with van der Waals surface area (Å²) in [5.74, 6) is -0.326. The van der Waals surface area contributed by atoms with Gasteiger partial charge in [-0.05, 0) is 37.6 Å². The van der Waals surface area contributed by atoms with E-state index in [-0.39, 0.29) is 5.82 Å². The molecule has 0 saturated carbocycles. The van der Waals surface area contributed by atoms with Crippen molar-refractivity contribution in [2.24, 2.45) is 0 Å². The molecule has 0 saturated heterocycles. The summed E-state index contributed by atoms with van der Waals surface area (Å²) in [6, 6.07) is 12.8. The molecule has 106 valence electrons.